The average molecular weight is 532 g/mol. The van der Waals surface area contributed by atoms with E-state index in [9.17, 15) is 0 Å². The molecule has 0 bridgehead atoms. The lowest BCUT2D eigenvalue weighted by Crippen LogP contribution is -2.40. The van der Waals surface area contributed by atoms with Crippen LogP contribution in [0.5, 0.6) is 0 Å². The van der Waals surface area contributed by atoms with Crippen LogP contribution in [0.1, 0.15) is 70.3 Å². The van der Waals surface area contributed by atoms with Gasteiger partial charge in [-0.1, -0.05) is 25.7 Å². The van der Waals surface area contributed by atoms with Crippen molar-refractivity contribution in [3.63, 3.8) is 0 Å². The summed E-state index contributed by atoms with van der Waals surface area (Å²) in [6.45, 7) is 7.05. The smallest absolute Gasteiger partial charge is 0.193 e. The van der Waals surface area contributed by atoms with Gasteiger partial charge in [0.05, 0.1) is 12.3 Å². The highest BCUT2D eigenvalue weighted by Gasteiger charge is 2.25. The topological polar surface area (TPSA) is 54.7 Å². The molecule has 0 amide bonds. The highest BCUT2D eigenvalue weighted by Crippen LogP contribution is 2.21. The lowest BCUT2D eigenvalue weighted by atomic mass is 10.0. The van der Waals surface area contributed by atoms with Gasteiger partial charge in [-0.2, -0.15) is 5.10 Å². The van der Waals surface area contributed by atoms with Crippen molar-refractivity contribution in [2.75, 3.05) is 32.8 Å². The average Bonchev–Trinajstić information content (AvgIpc) is 3.25. The summed E-state index contributed by atoms with van der Waals surface area (Å²) in [6, 6.07) is 0. The number of aromatic nitrogens is 2. The molecule has 1 atom stereocenters. The first-order valence-corrected chi connectivity index (χ1v) is 11.9. The van der Waals surface area contributed by atoms with E-state index in [4.69, 9.17) is 9.73 Å². The molecule has 172 valence electrons. The third kappa shape index (κ3) is 8.73. The number of nitrogens with one attached hydrogen (secondary N) is 1. The van der Waals surface area contributed by atoms with E-state index in [0.717, 1.165) is 58.0 Å². The van der Waals surface area contributed by atoms with Crippen LogP contribution in [0, 0.1) is 5.92 Å². The second-order valence-corrected chi connectivity index (χ2v) is 8.75. The highest BCUT2D eigenvalue weighted by molar-refractivity contribution is 14.0. The van der Waals surface area contributed by atoms with Gasteiger partial charge in [0.2, 0.25) is 0 Å². The summed E-state index contributed by atoms with van der Waals surface area (Å²) in [5, 5.41) is 7.79. The normalized spacial score (nSPS) is 20.8. The van der Waals surface area contributed by atoms with Crippen molar-refractivity contribution in [3.8, 4) is 0 Å². The summed E-state index contributed by atoms with van der Waals surface area (Å²) in [4.78, 5) is 7.34. The second-order valence-electron chi connectivity index (χ2n) is 8.75. The Morgan fingerprint density at radius 3 is 2.70 bits per heavy atom. The Bertz CT molecular complexity index is 612. The van der Waals surface area contributed by atoms with Crippen molar-refractivity contribution in [2.24, 2.45) is 18.0 Å². The van der Waals surface area contributed by atoms with Crippen LogP contribution in [-0.4, -0.2) is 59.5 Å². The molecular formula is C23H42IN5O. The fraction of sp³-hybridized carbons (Fsp3) is 0.826. The molecule has 1 saturated carbocycles. The van der Waals surface area contributed by atoms with Gasteiger partial charge < -0.3 is 15.0 Å². The SMILES string of the molecule is CCNC(=NCCCCOC1CCCCCC1)N1CCC(Cc2cnn(C)c2)C1.I. The fourth-order valence-electron chi connectivity index (χ4n) is 4.59. The van der Waals surface area contributed by atoms with Crippen molar-refractivity contribution in [1.29, 1.82) is 0 Å². The molecule has 2 fully saturated rings. The fourth-order valence-corrected chi connectivity index (χ4v) is 4.59. The van der Waals surface area contributed by atoms with Crippen LogP contribution in [0.4, 0.5) is 0 Å². The summed E-state index contributed by atoms with van der Waals surface area (Å²) < 4.78 is 8.00. The van der Waals surface area contributed by atoms with Crippen molar-refractivity contribution < 1.29 is 4.74 Å². The number of ether oxygens (including phenoxy) is 1. The third-order valence-corrected chi connectivity index (χ3v) is 6.17. The number of aryl methyl sites for hydroxylation is 1. The van der Waals surface area contributed by atoms with E-state index in [2.05, 4.69) is 28.4 Å². The number of hydrogen-bond donors (Lipinski definition) is 1. The summed E-state index contributed by atoms with van der Waals surface area (Å²) >= 11 is 0. The lowest BCUT2D eigenvalue weighted by molar-refractivity contribution is 0.0412. The number of hydrogen-bond acceptors (Lipinski definition) is 3. The zero-order valence-corrected chi connectivity index (χ0v) is 21.4. The largest absolute Gasteiger partial charge is 0.378 e. The van der Waals surface area contributed by atoms with E-state index in [1.165, 1.54) is 50.5 Å². The molecule has 1 N–H and O–H groups in total. The maximum Gasteiger partial charge on any atom is 0.193 e. The Morgan fingerprint density at radius 1 is 1.20 bits per heavy atom. The molecule has 1 unspecified atom stereocenters. The highest BCUT2D eigenvalue weighted by atomic mass is 127. The lowest BCUT2D eigenvalue weighted by Gasteiger charge is -2.21. The van der Waals surface area contributed by atoms with E-state index in [1.807, 2.05) is 17.9 Å². The van der Waals surface area contributed by atoms with E-state index < -0.39 is 0 Å². The number of rotatable bonds is 9. The number of aliphatic imine (C=N–C) groups is 1. The first-order chi connectivity index (χ1) is 14.2. The summed E-state index contributed by atoms with van der Waals surface area (Å²) in [5.41, 5.74) is 1.34. The van der Waals surface area contributed by atoms with Gasteiger partial charge in [0.15, 0.2) is 5.96 Å². The number of unbranched alkanes of at least 4 members (excludes halogenated alkanes) is 1. The zero-order valence-electron chi connectivity index (χ0n) is 19.0. The molecule has 1 aliphatic carbocycles. The molecule has 30 heavy (non-hydrogen) atoms. The molecule has 1 aromatic heterocycles. The molecule has 1 aliphatic heterocycles. The monoisotopic (exact) mass is 531 g/mol. The van der Waals surface area contributed by atoms with Crippen LogP contribution in [0.25, 0.3) is 0 Å². The standard InChI is InChI=1S/C23H41N5O.HI/c1-3-24-23(25-13-8-9-15-29-22-10-6-4-5-7-11-22)28-14-12-20(19-28)16-21-17-26-27(2)18-21;/h17-18,20,22H,3-16,19H2,1-2H3,(H,24,25);1H. The van der Waals surface area contributed by atoms with Crippen molar-refractivity contribution in [3.05, 3.63) is 18.0 Å². The number of likely N-dealkylation sites (tertiary alicyclic amines) is 1. The molecule has 1 saturated heterocycles. The summed E-state index contributed by atoms with van der Waals surface area (Å²) in [6.07, 6.45) is 17.2. The van der Waals surface area contributed by atoms with E-state index in [0.29, 0.717) is 12.0 Å². The molecule has 3 rings (SSSR count). The first kappa shape index (κ1) is 25.4. The minimum atomic E-state index is 0. The number of halogens is 1. The van der Waals surface area contributed by atoms with Crippen LogP contribution < -0.4 is 5.32 Å². The Labute approximate surface area is 200 Å². The predicted octanol–water partition coefficient (Wildman–Crippen LogP) is 4.39. The molecule has 0 spiro atoms. The summed E-state index contributed by atoms with van der Waals surface area (Å²) in [5.74, 6) is 1.78. The number of guanidine groups is 1. The van der Waals surface area contributed by atoms with Gasteiger partial charge in [0.25, 0.3) is 0 Å². The van der Waals surface area contributed by atoms with Gasteiger partial charge in [-0.05, 0) is 56.9 Å². The van der Waals surface area contributed by atoms with Crippen molar-refractivity contribution >= 4 is 29.9 Å². The Hall–Kier alpha value is -0.830. The predicted molar refractivity (Wildman–Crippen MR) is 135 cm³/mol. The molecule has 1 aromatic rings. The van der Waals surface area contributed by atoms with Gasteiger partial charge in [-0.3, -0.25) is 9.67 Å². The van der Waals surface area contributed by atoms with Gasteiger partial charge in [0.1, 0.15) is 0 Å². The van der Waals surface area contributed by atoms with Crippen molar-refractivity contribution in [1.82, 2.24) is 20.0 Å². The van der Waals surface area contributed by atoms with Gasteiger partial charge in [0, 0.05) is 46.0 Å². The Balaban J connectivity index is 0.00000320. The van der Waals surface area contributed by atoms with E-state index in [1.54, 1.807) is 0 Å². The maximum atomic E-state index is 6.11. The summed E-state index contributed by atoms with van der Waals surface area (Å²) in [7, 11) is 1.99. The van der Waals surface area contributed by atoms with E-state index in [-0.39, 0.29) is 24.0 Å². The van der Waals surface area contributed by atoms with Crippen LogP contribution in [0.2, 0.25) is 0 Å². The van der Waals surface area contributed by atoms with Crippen molar-refractivity contribution in [2.45, 2.75) is 77.2 Å². The minimum absolute atomic E-state index is 0. The quantitative estimate of drug-likeness (QED) is 0.169. The molecular weight excluding hydrogens is 489 g/mol. The van der Waals surface area contributed by atoms with Crippen LogP contribution >= 0.6 is 24.0 Å². The molecule has 2 heterocycles. The van der Waals surface area contributed by atoms with Gasteiger partial charge in [-0.25, -0.2) is 0 Å². The Kier molecular flexibility index (Phi) is 12.1. The molecule has 0 radical (unpaired) electrons. The Morgan fingerprint density at radius 2 is 2.00 bits per heavy atom. The molecule has 7 heteroatoms. The van der Waals surface area contributed by atoms with E-state index >= 15 is 0 Å². The van der Waals surface area contributed by atoms with Crippen LogP contribution in [-0.2, 0) is 18.2 Å². The molecule has 0 aromatic carbocycles. The molecule has 2 aliphatic rings. The number of nitrogens with zero attached hydrogens (tertiary/aromatic N) is 4. The minimum Gasteiger partial charge on any atom is -0.378 e. The first-order valence-electron chi connectivity index (χ1n) is 11.9. The van der Waals surface area contributed by atoms with Gasteiger partial charge >= 0.3 is 0 Å². The second kappa shape index (κ2) is 14.3. The van der Waals surface area contributed by atoms with Crippen LogP contribution in [0.3, 0.4) is 0 Å². The van der Waals surface area contributed by atoms with Crippen LogP contribution in [0.15, 0.2) is 17.4 Å². The van der Waals surface area contributed by atoms with Gasteiger partial charge in [-0.15, -0.1) is 24.0 Å². The third-order valence-electron chi connectivity index (χ3n) is 6.17. The maximum absolute atomic E-state index is 6.11. The molecule has 6 nitrogen and oxygen atoms in total. The zero-order chi connectivity index (χ0) is 20.3.